The quantitative estimate of drug-likeness (QED) is 0.724. The number of tetrazole rings is 1. The molecule has 0 radical (unpaired) electrons. The fraction of sp³-hybridized carbons (Fsp3) is 0.529. The van der Waals surface area contributed by atoms with Crippen LogP contribution in [0.1, 0.15) is 19.7 Å². The molecule has 1 fully saturated rings. The van der Waals surface area contributed by atoms with Crippen molar-refractivity contribution in [3.8, 4) is 5.69 Å². The number of aromatic nitrogens is 4. The van der Waals surface area contributed by atoms with Crippen LogP contribution in [0.5, 0.6) is 0 Å². The van der Waals surface area contributed by atoms with Crippen molar-refractivity contribution in [1.82, 2.24) is 30.0 Å². The van der Waals surface area contributed by atoms with E-state index in [0.717, 1.165) is 24.6 Å². The van der Waals surface area contributed by atoms with E-state index in [0.29, 0.717) is 30.5 Å². The van der Waals surface area contributed by atoms with Crippen molar-refractivity contribution in [3.05, 3.63) is 35.1 Å². The molecule has 0 N–H and O–H groups in total. The highest BCUT2D eigenvalue weighted by molar-refractivity contribution is 6.30. The Morgan fingerprint density at radius 1 is 1.15 bits per heavy atom. The molecule has 7 nitrogen and oxygen atoms in total. The van der Waals surface area contributed by atoms with E-state index < -0.39 is 5.41 Å². The van der Waals surface area contributed by atoms with Crippen LogP contribution in [0.15, 0.2) is 24.3 Å². The summed E-state index contributed by atoms with van der Waals surface area (Å²) < 4.78 is 1.71. The summed E-state index contributed by atoms with van der Waals surface area (Å²) in [6, 6.07) is 7.39. The van der Waals surface area contributed by atoms with Crippen LogP contribution in [0.25, 0.3) is 5.69 Å². The third-order valence-electron chi connectivity index (χ3n) is 4.54. The first-order valence-corrected chi connectivity index (χ1v) is 9.43. The average molecular weight is 397 g/mol. The molecular weight excluding hydrogens is 375 g/mol. The molecule has 1 aliphatic heterocycles. The van der Waals surface area contributed by atoms with E-state index in [9.17, 15) is 4.79 Å². The number of halogens is 2. The van der Waals surface area contributed by atoms with Gasteiger partial charge in [-0.25, -0.2) is 0 Å². The van der Waals surface area contributed by atoms with Gasteiger partial charge in [0.05, 0.1) is 17.6 Å². The number of carbonyl (C=O) groups excluding carboxylic acids is 1. The summed E-state index contributed by atoms with van der Waals surface area (Å²) in [6.45, 7) is 7.30. The maximum absolute atomic E-state index is 12.5. The van der Waals surface area contributed by atoms with Crippen molar-refractivity contribution >= 4 is 29.1 Å². The highest BCUT2D eigenvalue weighted by Gasteiger charge is 2.33. The standard InChI is InChI=1S/C17H22Cl2N6O/c1-17(2,12-18)16(26)24-9-7-23(8-10-24)11-15-20-21-22-25(15)14-5-3-13(19)4-6-14/h3-6H,7-12H2,1-2H3. The molecule has 2 heterocycles. The van der Waals surface area contributed by atoms with Crippen LogP contribution < -0.4 is 0 Å². The molecule has 9 heteroatoms. The van der Waals surface area contributed by atoms with E-state index in [-0.39, 0.29) is 5.91 Å². The highest BCUT2D eigenvalue weighted by Crippen LogP contribution is 2.22. The van der Waals surface area contributed by atoms with Gasteiger partial charge in [0.25, 0.3) is 0 Å². The van der Waals surface area contributed by atoms with Crippen molar-refractivity contribution in [2.75, 3.05) is 32.1 Å². The van der Waals surface area contributed by atoms with Crippen LogP contribution in [-0.4, -0.2) is 68.0 Å². The SMILES string of the molecule is CC(C)(CCl)C(=O)N1CCN(Cc2nnnn2-c2ccc(Cl)cc2)CC1. The van der Waals surface area contributed by atoms with E-state index in [1.165, 1.54) is 0 Å². The Kier molecular flexibility index (Phi) is 5.79. The zero-order valence-corrected chi connectivity index (χ0v) is 16.4. The molecule has 1 aromatic carbocycles. The van der Waals surface area contributed by atoms with Gasteiger partial charge in [-0.1, -0.05) is 11.6 Å². The first kappa shape index (κ1) is 19.1. The fourth-order valence-corrected chi connectivity index (χ4v) is 3.12. The molecular formula is C17H22Cl2N6O. The lowest BCUT2D eigenvalue weighted by atomic mass is 9.94. The number of hydrogen-bond acceptors (Lipinski definition) is 5. The molecule has 0 spiro atoms. The number of benzene rings is 1. The second-order valence-electron chi connectivity index (χ2n) is 7.07. The lowest BCUT2D eigenvalue weighted by Crippen LogP contribution is -2.52. The summed E-state index contributed by atoms with van der Waals surface area (Å²) in [5.74, 6) is 1.19. The third kappa shape index (κ3) is 4.16. The Bertz CT molecular complexity index is 753. The van der Waals surface area contributed by atoms with Gasteiger partial charge in [0.2, 0.25) is 5.91 Å². The molecule has 0 saturated carbocycles. The van der Waals surface area contributed by atoms with E-state index in [4.69, 9.17) is 23.2 Å². The maximum atomic E-state index is 12.5. The van der Waals surface area contributed by atoms with Crippen LogP contribution in [-0.2, 0) is 11.3 Å². The number of alkyl halides is 1. The highest BCUT2D eigenvalue weighted by atomic mass is 35.5. The second-order valence-corrected chi connectivity index (χ2v) is 7.77. The lowest BCUT2D eigenvalue weighted by molar-refractivity contribution is -0.141. The van der Waals surface area contributed by atoms with Crippen molar-refractivity contribution in [3.63, 3.8) is 0 Å². The average Bonchev–Trinajstić information content (AvgIpc) is 3.10. The van der Waals surface area contributed by atoms with Gasteiger partial charge in [-0.05, 0) is 48.5 Å². The summed E-state index contributed by atoms with van der Waals surface area (Å²) in [7, 11) is 0. The summed E-state index contributed by atoms with van der Waals surface area (Å²) in [5, 5.41) is 12.7. The number of nitrogens with zero attached hydrogens (tertiary/aromatic N) is 6. The maximum Gasteiger partial charge on any atom is 0.229 e. The predicted molar refractivity (Wildman–Crippen MR) is 101 cm³/mol. The van der Waals surface area contributed by atoms with Crippen molar-refractivity contribution in [1.29, 1.82) is 0 Å². The number of piperazine rings is 1. The van der Waals surface area contributed by atoms with Crippen LogP contribution in [0.3, 0.4) is 0 Å². The summed E-state index contributed by atoms with van der Waals surface area (Å²) >= 11 is 11.9. The molecule has 2 aromatic rings. The molecule has 26 heavy (non-hydrogen) atoms. The van der Waals surface area contributed by atoms with Crippen LogP contribution in [0.2, 0.25) is 5.02 Å². The fourth-order valence-electron chi connectivity index (χ4n) is 2.88. The Hall–Kier alpha value is -1.70. The normalized spacial score (nSPS) is 16.1. The first-order chi connectivity index (χ1) is 12.4. The van der Waals surface area contributed by atoms with Crippen molar-refractivity contribution in [2.24, 2.45) is 5.41 Å². The van der Waals surface area contributed by atoms with Crippen molar-refractivity contribution < 1.29 is 4.79 Å². The Morgan fingerprint density at radius 3 is 2.42 bits per heavy atom. The monoisotopic (exact) mass is 396 g/mol. The summed E-state index contributed by atoms with van der Waals surface area (Å²) in [4.78, 5) is 16.7. The Morgan fingerprint density at radius 2 is 1.81 bits per heavy atom. The van der Waals surface area contributed by atoms with E-state index in [1.54, 1.807) is 4.68 Å². The predicted octanol–water partition coefficient (Wildman–Crippen LogP) is 2.22. The molecule has 0 unspecified atom stereocenters. The van der Waals surface area contributed by atoms with Gasteiger partial charge in [0.1, 0.15) is 0 Å². The number of amides is 1. The largest absolute Gasteiger partial charge is 0.340 e. The Balaban J connectivity index is 1.62. The lowest BCUT2D eigenvalue weighted by Gasteiger charge is -2.37. The molecule has 1 aliphatic rings. The molecule has 1 aromatic heterocycles. The molecule has 0 bridgehead atoms. The van der Waals surface area contributed by atoms with Gasteiger partial charge in [-0.15, -0.1) is 16.7 Å². The minimum absolute atomic E-state index is 0.109. The molecule has 1 amide bonds. The Labute approximate surface area is 162 Å². The summed E-state index contributed by atoms with van der Waals surface area (Å²) in [6.07, 6.45) is 0. The number of carbonyl (C=O) groups is 1. The van der Waals surface area contributed by atoms with Crippen LogP contribution in [0.4, 0.5) is 0 Å². The molecule has 0 atom stereocenters. The molecule has 140 valence electrons. The van der Waals surface area contributed by atoms with E-state index in [2.05, 4.69) is 20.4 Å². The van der Waals surface area contributed by atoms with Crippen LogP contribution >= 0.6 is 23.2 Å². The number of hydrogen-bond donors (Lipinski definition) is 0. The third-order valence-corrected chi connectivity index (χ3v) is 5.46. The van der Waals surface area contributed by atoms with Gasteiger partial charge < -0.3 is 4.90 Å². The van der Waals surface area contributed by atoms with Gasteiger partial charge in [-0.3, -0.25) is 9.69 Å². The zero-order valence-electron chi connectivity index (χ0n) is 14.9. The van der Waals surface area contributed by atoms with Gasteiger partial charge in [0.15, 0.2) is 5.82 Å². The minimum atomic E-state index is -0.525. The van der Waals surface area contributed by atoms with E-state index in [1.807, 2.05) is 43.0 Å². The second kappa shape index (κ2) is 7.90. The molecule has 0 aliphatic carbocycles. The topological polar surface area (TPSA) is 67.2 Å². The first-order valence-electron chi connectivity index (χ1n) is 8.51. The molecule has 1 saturated heterocycles. The minimum Gasteiger partial charge on any atom is -0.340 e. The van der Waals surface area contributed by atoms with Gasteiger partial charge in [0, 0.05) is 37.1 Å². The van der Waals surface area contributed by atoms with Crippen LogP contribution in [0, 0.1) is 5.41 Å². The summed E-state index contributed by atoms with van der Waals surface area (Å²) in [5.41, 5.74) is 0.342. The van der Waals surface area contributed by atoms with Gasteiger partial charge >= 0.3 is 0 Å². The number of rotatable bonds is 5. The smallest absolute Gasteiger partial charge is 0.229 e. The van der Waals surface area contributed by atoms with Gasteiger partial charge in [-0.2, -0.15) is 4.68 Å². The van der Waals surface area contributed by atoms with Crippen molar-refractivity contribution in [2.45, 2.75) is 20.4 Å². The van der Waals surface area contributed by atoms with E-state index >= 15 is 0 Å². The molecule has 3 rings (SSSR count). The zero-order chi connectivity index (χ0) is 18.7.